The average Bonchev–Trinajstić information content (AvgIpc) is 2.73. The van der Waals surface area contributed by atoms with Crippen molar-refractivity contribution < 1.29 is 4.79 Å². The lowest BCUT2D eigenvalue weighted by atomic mass is 10.0. The smallest absolute Gasteiger partial charge is 0.318 e. The molecule has 10 heteroatoms. The van der Waals surface area contributed by atoms with E-state index in [2.05, 4.69) is 9.97 Å². The van der Waals surface area contributed by atoms with Crippen LogP contribution in [0.4, 0.5) is 0 Å². The van der Waals surface area contributed by atoms with Gasteiger partial charge in [-0.15, -0.1) is 0 Å². The van der Waals surface area contributed by atoms with E-state index in [4.69, 9.17) is 23.2 Å². The molecule has 0 aromatic carbocycles. The number of carbonyl (C=O) groups is 1. The Hall–Kier alpha value is -2.71. The number of hydrogen-bond acceptors (Lipinski definition) is 5. The number of hydrogen-bond donors (Lipinski definition) is 0. The van der Waals surface area contributed by atoms with Crippen LogP contribution in [-0.2, 0) is 7.05 Å². The first-order valence-corrected chi connectivity index (χ1v) is 9.80. The average molecular weight is 434 g/mol. The van der Waals surface area contributed by atoms with Gasteiger partial charge in [-0.05, 0) is 31.0 Å². The van der Waals surface area contributed by atoms with Crippen molar-refractivity contribution in [2.75, 3.05) is 13.1 Å². The molecule has 150 valence electrons. The van der Waals surface area contributed by atoms with Crippen LogP contribution >= 0.6 is 23.2 Å². The summed E-state index contributed by atoms with van der Waals surface area (Å²) in [5, 5.41) is 0.708. The molecule has 0 N–H and O–H groups in total. The van der Waals surface area contributed by atoms with Crippen molar-refractivity contribution in [2.24, 2.45) is 7.05 Å². The van der Waals surface area contributed by atoms with Crippen LogP contribution in [0.3, 0.4) is 0 Å². The maximum absolute atomic E-state index is 12.7. The standard InChI is InChI=1S/C19H17Cl2N5O3/c1-24-14-8-12(20)10-23-16(14)26(19(29)18(24)28)13-4-6-25(7-5-13)17(27)11-2-3-15(21)22-9-11/h2-3,8-10,13H,4-7H2,1H3. The first kappa shape index (κ1) is 19.6. The van der Waals surface area contributed by atoms with Gasteiger partial charge in [0.05, 0.1) is 16.1 Å². The van der Waals surface area contributed by atoms with Crippen LogP contribution in [0.5, 0.6) is 0 Å². The SMILES string of the molecule is Cn1c(=O)c(=O)n(C2CCN(C(=O)c3ccc(Cl)nc3)CC2)c2ncc(Cl)cc21. The molecule has 4 heterocycles. The molecule has 0 spiro atoms. The number of fused-ring (bicyclic) bond motifs is 1. The second-order valence-corrected chi connectivity index (χ2v) is 7.75. The second kappa shape index (κ2) is 7.61. The third-order valence-electron chi connectivity index (χ3n) is 5.20. The van der Waals surface area contributed by atoms with Gasteiger partial charge in [0.25, 0.3) is 5.91 Å². The maximum atomic E-state index is 12.7. The van der Waals surface area contributed by atoms with Gasteiger partial charge in [-0.2, -0.15) is 0 Å². The van der Waals surface area contributed by atoms with E-state index >= 15 is 0 Å². The fourth-order valence-electron chi connectivity index (χ4n) is 3.66. The van der Waals surface area contributed by atoms with E-state index in [1.54, 1.807) is 23.1 Å². The van der Waals surface area contributed by atoms with Crippen LogP contribution in [0.25, 0.3) is 11.2 Å². The van der Waals surface area contributed by atoms with Gasteiger partial charge >= 0.3 is 11.1 Å². The summed E-state index contributed by atoms with van der Waals surface area (Å²) in [6, 6.07) is 4.59. The molecule has 0 atom stereocenters. The summed E-state index contributed by atoms with van der Waals surface area (Å²) in [6.07, 6.45) is 3.96. The molecular formula is C19H17Cl2N5O3. The molecule has 4 rings (SSSR count). The van der Waals surface area contributed by atoms with Gasteiger partial charge in [0, 0.05) is 38.6 Å². The van der Waals surface area contributed by atoms with E-state index in [1.807, 2.05) is 0 Å². The number of amides is 1. The minimum Gasteiger partial charge on any atom is -0.338 e. The summed E-state index contributed by atoms with van der Waals surface area (Å²) in [4.78, 5) is 47.7. The van der Waals surface area contributed by atoms with E-state index in [0.717, 1.165) is 0 Å². The number of carbonyl (C=O) groups excluding carboxylic acids is 1. The number of aromatic nitrogens is 4. The topological polar surface area (TPSA) is 90.1 Å². The molecule has 3 aromatic heterocycles. The number of pyridine rings is 2. The van der Waals surface area contributed by atoms with E-state index < -0.39 is 11.1 Å². The highest BCUT2D eigenvalue weighted by Crippen LogP contribution is 2.25. The summed E-state index contributed by atoms with van der Waals surface area (Å²) >= 11 is 11.8. The van der Waals surface area contributed by atoms with Crippen molar-refractivity contribution in [3.63, 3.8) is 0 Å². The minimum absolute atomic E-state index is 0.140. The Kier molecular flexibility index (Phi) is 5.14. The highest BCUT2D eigenvalue weighted by atomic mass is 35.5. The Labute approximate surface area is 175 Å². The predicted molar refractivity (Wildman–Crippen MR) is 110 cm³/mol. The van der Waals surface area contributed by atoms with Crippen molar-refractivity contribution in [3.8, 4) is 0 Å². The lowest BCUT2D eigenvalue weighted by Gasteiger charge is -2.33. The molecule has 0 saturated carbocycles. The number of likely N-dealkylation sites (tertiary alicyclic amines) is 1. The van der Waals surface area contributed by atoms with Gasteiger partial charge in [-0.1, -0.05) is 23.2 Å². The van der Waals surface area contributed by atoms with Crippen LogP contribution in [0.2, 0.25) is 10.2 Å². The third-order valence-corrected chi connectivity index (χ3v) is 5.63. The fraction of sp³-hybridized carbons (Fsp3) is 0.316. The molecule has 1 amide bonds. The van der Waals surface area contributed by atoms with E-state index in [9.17, 15) is 14.4 Å². The highest BCUT2D eigenvalue weighted by Gasteiger charge is 2.27. The molecule has 1 aliphatic heterocycles. The normalized spacial score (nSPS) is 15.1. The first-order valence-electron chi connectivity index (χ1n) is 9.04. The van der Waals surface area contributed by atoms with E-state index in [1.165, 1.54) is 28.6 Å². The molecule has 8 nitrogen and oxygen atoms in total. The third kappa shape index (κ3) is 3.54. The van der Waals surface area contributed by atoms with E-state index in [0.29, 0.717) is 52.8 Å². The van der Waals surface area contributed by atoms with Crippen LogP contribution in [0.1, 0.15) is 29.2 Å². The summed E-state index contributed by atoms with van der Waals surface area (Å²) in [6.45, 7) is 0.895. The zero-order valence-electron chi connectivity index (χ0n) is 15.5. The molecular weight excluding hydrogens is 417 g/mol. The largest absolute Gasteiger partial charge is 0.338 e. The van der Waals surface area contributed by atoms with Crippen LogP contribution in [-0.4, -0.2) is 43.0 Å². The number of halogens is 2. The Morgan fingerprint density at radius 1 is 1.07 bits per heavy atom. The highest BCUT2D eigenvalue weighted by molar-refractivity contribution is 6.31. The van der Waals surface area contributed by atoms with E-state index in [-0.39, 0.29) is 11.9 Å². The van der Waals surface area contributed by atoms with Gasteiger partial charge < -0.3 is 9.47 Å². The Balaban J connectivity index is 1.63. The molecule has 0 unspecified atom stereocenters. The molecule has 1 saturated heterocycles. The summed E-state index contributed by atoms with van der Waals surface area (Å²) in [5.41, 5.74) is 0.107. The molecule has 0 radical (unpaired) electrons. The fourth-order valence-corrected chi connectivity index (χ4v) is 3.92. The van der Waals surface area contributed by atoms with Gasteiger partial charge in [0.15, 0.2) is 5.65 Å². The van der Waals surface area contributed by atoms with Crippen molar-refractivity contribution in [2.45, 2.75) is 18.9 Å². The zero-order valence-corrected chi connectivity index (χ0v) is 17.0. The second-order valence-electron chi connectivity index (χ2n) is 6.93. The molecule has 1 fully saturated rings. The monoisotopic (exact) mass is 433 g/mol. The lowest BCUT2D eigenvalue weighted by Crippen LogP contribution is -2.46. The Morgan fingerprint density at radius 3 is 2.45 bits per heavy atom. The van der Waals surface area contributed by atoms with Crippen molar-refractivity contribution >= 4 is 40.3 Å². The Bertz CT molecular complexity index is 1210. The molecule has 3 aromatic rings. The van der Waals surface area contributed by atoms with Crippen molar-refractivity contribution in [1.29, 1.82) is 0 Å². The van der Waals surface area contributed by atoms with Gasteiger partial charge in [-0.25, -0.2) is 9.97 Å². The van der Waals surface area contributed by atoms with Crippen LogP contribution < -0.4 is 11.1 Å². The lowest BCUT2D eigenvalue weighted by molar-refractivity contribution is 0.0694. The molecule has 1 aliphatic rings. The van der Waals surface area contributed by atoms with Crippen LogP contribution in [0, 0.1) is 0 Å². The zero-order chi connectivity index (χ0) is 20.7. The van der Waals surface area contributed by atoms with Crippen LogP contribution in [0.15, 0.2) is 40.2 Å². The summed E-state index contributed by atoms with van der Waals surface area (Å²) in [7, 11) is 1.52. The quantitative estimate of drug-likeness (QED) is 0.456. The number of piperidine rings is 1. The minimum atomic E-state index is -0.632. The molecule has 29 heavy (non-hydrogen) atoms. The van der Waals surface area contributed by atoms with Crippen molar-refractivity contribution in [3.05, 3.63) is 67.0 Å². The number of aryl methyl sites for hydroxylation is 1. The maximum Gasteiger partial charge on any atom is 0.318 e. The van der Waals surface area contributed by atoms with Crippen molar-refractivity contribution in [1.82, 2.24) is 24.0 Å². The number of rotatable bonds is 2. The predicted octanol–water partition coefficient (Wildman–Crippen LogP) is 2.27. The summed E-state index contributed by atoms with van der Waals surface area (Å²) in [5.74, 6) is -0.140. The molecule has 0 bridgehead atoms. The summed E-state index contributed by atoms with van der Waals surface area (Å²) < 4.78 is 2.71. The number of nitrogens with zero attached hydrogens (tertiary/aromatic N) is 5. The van der Waals surface area contributed by atoms with Gasteiger partial charge in [0.2, 0.25) is 0 Å². The first-order chi connectivity index (χ1) is 13.9. The molecule has 0 aliphatic carbocycles. The Morgan fingerprint density at radius 2 is 1.79 bits per heavy atom. The van der Waals surface area contributed by atoms with Gasteiger partial charge in [-0.3, -0.25) is 19.0 Å². The van der Waals surface area contributed by atoms with Gasteiger partial charge in [0.1, 0.15) is 5.15 Å².